The van der Waals surface area contributed by atoms with Crippen LogP contribution in [-0.2, 0) is 4.79 Å². The first-order chi connectivity index (χ1) is 10.1. The third kappa shape index (κ3) is 4.55. The SMILES string of the molecule is CNC(C)C1CCCCN1CC(=O)Nc1ccc(C)cc1. The Bertz CT molecular complexity index is 458. The smallest absolute Gasteiger partial charge is 0.238 e. The Morgan fingerprint density at radius 3 is 2.71 bits per heavy atom. The van der Waals surface area contributed by atoms with E-state index in [4.69, 9.17) is 0 Å². The lowest BCUT2D eigenvalue weighted by atomic mass is 9.96. The number of nitrogens with zero attached hydrogens (tertiary/aromatic N) is 1. The van der Waals surface area contributed by atoms with Crippen LogP contribution in [0.3, 0.4) is 0 Å². The largest absolute Gasteiger partial charge is 0.325 e. The summed E-state index contributed by atoms with van der Waals surface area (Å²) >= 11 is 0. The maximum absolute atomic E-state index is 12.2. The number of carbonyl (C=O) groups is 1. The van der Waals surface area contributed by atoms with Crippen molar-refractivity contribution in [2.75, 3.05) is 25.5 Å². The zero-order chi connectivity index (χ0) is 15.2. The molecule has 2 atom stereocenters. The molecule has 0 radical (unpaired) electrons. The van der Waals surface area contributed by atoms with Gasteiger partial charge in [0.2, 0.25) is 5.91 Å². The van der Waals surface area contributed by atoms with E-state index in [2.05, 4.69) is 22.5 Å². The number of rotatable bonds is 5. The zero-order valence-electron chi connectivity index (χ0n) is 13.4. The summed E-state index contributed by atoms with van der Waals surface area (Å²) in [7, 11) is 1.99. The molecule has 2 rings (SSSR count). The van der Waals surface area contributed by atoms with E-state index >= 15 is 0 Å². The highest BCUT2D eigenvalue weighted by atomic mass is 16.2. The number of carbonyl (C=O) groups excluding carboxylic acids is 1. The molecule has 1 aromatic rings. The van der Waals surface area contributed by atoms with Crippen molar-refractivity contribution in [3.63, 3.8) is 0 Å². The number of piperidine rings is 1. The van der Waals surface area contributed by atoms with Crippen LogP contribution in [0.4, 0.5) is 5.69 Å². The first-order valence-electron chi connectivity index (χ1n) is 7.88. The second-order valence-electron chi connectivity index (χ2n) is 6.03. The second kappa shape index (κ2) is 7.57. The third-order valence-corrected chi connectivity index (χ3v) is 4.38. The molecule has 1 aliphatic rings. The van der Waals surface area contributed by atoms with Gasteiger partial charge in [-0.15, -0.1) is 0 Å². The molecule has 0 aliphatic carbocycles. The number of anilines is 1. The zero-order valence-corrected chi connectivity index (χ0v) is 13.4. The fraction of sp³-hybridized carbons (Fsp3) is 0.588. The number of amides is 1. The maximum Gasteiger partial charge on any atom is 0.238 e. The summed E-state index contributed by atoms with van der Waals surface area (Å²) in [6, 6.07) is 8.81. The molecule has 2 N–H and O–H groups in total. The van der Waals surface area contributed by atoms with Gasteiger partial charge in [-0.25, -0.2) is 0 Å². The van der Waals surface area contributed by atoms with E-state index < -0.39 is 0 Å². The topological polar surface area (TPSA) is 44.4 Å². The van der Waals surface area contributed by atoms with Crippen molar-refractivity contribution in [1.29, 1.82) is 0 Å². The number of likely N-dealkylation sites (N-methyl/N-ethyl adjacent to an activating group) is 1. The third-order valence-electron chi connectivity index (χ3n) is 4.38. The van der Waals surface area contributed by atoms with Gasteiger partial charge in [-0.1, -0.05) is 24.1 Å². The molecule has 0 bridgehead atoms. The quantitative estimate of drug-likeness (QED) is 0.875. The van der Waals surface area contributed by atoms with Gasteiger partial charge in [0, 0.05) is 17.8 Å². The van der Waals surface area contributed by atoms with Gasteiger partial charge in [0.1, 0.15) is 0 Å². The second-order valence-corrected chi connectivity index (χ2v) is 6.03. The predicted molar refractivity (Wildman–Crippen MR) is 87.5 cm³/mol. The van der Waals surface area contributed by atoms with Crippen LogP contribution >= 0.6 is 0 Å². The minimum Gasteiger partial charge on any atom is -0.325 e. The van der Waals surface area contributed by atoms with Crippen molar-refractivity contribution in [1.82, 2.24) is 10.2 Å². The molecular weight excluding hydrogens is 262 g/mol. The standard InChI is InChI=1S/C17H27N3O/c1-13-7-9-15(10-8-13)19-17(21)12-20-11-5-4-6-16(20)14(2)18-3/h7-10,14,16,18H,4-6,11-12H2,1-3H3,(H,19,21). The van der Waals surface area contributed by atoms with Gasteiger partial charge in [0.05, 0.1) is 6.54 Å². The normalized spacial score (nSPS) is 21.0. The van der Waals surface area contributed by atoms with Crippen LogP contribution in [0.15, 0.2) is 24.3 Å². The molecule has 1 fully saturated rings. The summed E-state index contributed by atoms with van der Waals surface area (Å²) in [4.78, 5) is 14.6. The van der Waals surface area contributed by atoms with Crippen LogP contribution in [0.2, 0.25) is 0 Å². The number of hydrogen-bond acceptors (Lipinski definition) is 3. The van der Waals surface area contributed by atoms with Crippen molar-refractivity contribution in [2.45, 2.75) is 45.2 Å². The van der Waals surface area contributed by atoms with E-state index in [0.717, 1.165) is 12.2 Å². The van der Waals surface area contributed by atoms with Gasteiger partial charge in [-0.2, -0.15) is 0 Å². The number of benzene rings is 1. The molecule has 4 heteroatoms. The van der Waals surface area contributed by atoms with Crippen molar-refractivity contribution in [2.24, 2.45) is 0 Å². The van der Waals surface area contributed by atoms with E-state index in [1.54, 1.807) is 0 Å². The van der Waals surface area contributed by atoms with E-state index in [1.807, 2.05) is 38.2 Å². The molecule has 1 aliphatic heterocycles. The molecule has 0 aromatic heterocycles. The Morgan fingerprint density at radius 1 is 1.33 bits per heavy atom. The summed E-state index contributed by atoms with van der Waals surface area (Å²) in [6.45, 7) is 5.73. The van der Waals surface area contributed by atoms with E-state index in [0.29, 0.717) is 18.6 Å². The lowest BCUT2D eigenvalue weighted by Gasteiger charge is -2.38. The molecule has 0 saturated carbocycles. The average molecular weight is 289 g/mol. The van der Waals surface area contributed by atoms with Crippen LogP contribution in [-0.4, -0.2) is 43.0 Å². The van der Waals surface area contributed by atoms with Gasteiger partial charge in [0.15, 0.2) is 0 Å². The number of likely N-dealkylation sites (tertiary alicyclic amines) is 1. The van der Waals surface area contributed by atoms with Crippen LogP contribution in [0.5, 0.6) is 0 Å². The van der Waals surface area contributed by atoms with Crippen molar-refractivity contribution in [3.8, 4) is 0 Å². The Morgan fingerprint density at radius 2 is 2.05 bits per heavy atom. The Kier molecular flexibility index (Phi) is 5.76. The molecule has 4 nitrogen and oxygen atoms in total. The monoisotopic (exact) mass is 289 g/mol. The lowest BCUT2D eigenvalue weighted by Crippen LogP contribution is -2.52. The molecule has 21 heavy (non-hydrogen) atoms. The van der Waals surface area contributed by atoms with E-state index in [-0.39, 0.29) is 5.91 Å². The van der Waals surface area contributed by atoms with Crippen molar-refractivity contribution < 1.29 is 4.79 Å². The summed E-state index contributed by atoms with van der Waals surface area (Å²) in [5.41, 5.74) is 2.08. The fourth-order valence-corrected chi connectivity index (χ4v) is 2.99. The van der Waals surface area contributed by atoms with Gasteiger partial charge in [0.25, 0.3) is 0 Å². The van der Waals surface area contributed by atoms with Gasteiger partial charge in [-0.3, -0.25) is 9.69 Å². The number of hydrogen-bond donors (Lipinski definition) is 2. The Labute approximate surface area is 127 Å². The average Bonchev–Trinajstić information content (AvgIpc) is 2.49. The summed E-state index contributed by atoms with van der Waals surface area (Å²) in [5.74, 6) is 0.0778. The van der Waals surface area contributed by atoms with Crippen molar-refractivity contribution >= 4 is 11.6 Å². The molecule has 1 aromatic carbocycles. The Balaban J connectivity index is 1.92. The molecule has 0 spiro atoms. The van der Waals surface area contributed by atoms with Crippen LogP contribution < -0.4 is 10.6 Å². The first kappa shape index (κ1) is 16.0. The highest BCUT2D eigenvalue weighted by Gasteiger charge is 2.27. The number of aryl methyl sites for hydroxylation is 1. The van der Waals surface area contributed by atoms with E-state index in [9.17, 15) is 4.79 Å². The highest BCUT2D eigenvalue weighted by molar-refractivity contribution is 5.92. The van der Waals surface area contributed by atoms with Gasteiger partial charge < -0.3 is 10.6 Å². The maximum atomic E-state index is 12.2. The minimum atomic E-state index is 0.0778. The predicted octanol–water partition coefficient (Wildman–Crippen LogP) is 2.40. The summed E-state index contributed by atoms with van der Waals surface area (Å²) in [6.07, 6.45) is 3.61. The van der Waals surface area contributed by atoms with Crippen LogP contribution in [0.25, 0.3) is 0 Å². The number of nitrogens with one attached hydrogen (secondary N) is 2. The van der Waals surface area contributed by atoms with Crippen LogP contribution in [0.1, 0.15) is 31.7 Å². The summed E-state index contributed by atoms with van der Waals surface area (Å²) in [5, 5.41) is 6.31. The molecule has 1 heterocycles. The van der Waals surface area contributed by atoms with Crippen molar-refractivity contribution in [3.05, 3.63) is 29.8 Å². The van der Waals surface area contributed by atoms with Crippen LogP contribution in [0, 0.1) is 6.92 Å². The lowest BCUT2D eigenvalue weighted by molar-refractivity contribution is -0.118. The molecule has 2 unspecified atom stereocenters. The van der Waals surface area contributed by atoms with Gasteiger partial charge in [-0.05, 0) is 52.4 Å². The molecule has 1 saturated heterocycles. The highest BCUT2D eigenvalue weighted by Crippen LogP contribution is 2.19. The summed E-state index contributed by atoms with van der Waals surface area (Å²) < 4.78 is 0. The van der Waals surface area contributed by atoms with E-state index in [1.165, 1.54) is 24.8 Å². The minimum absolute atomic E-state index is 0.0778. The molecular formula is C17H27N3O. The molecule has 116 valence electrons. The fourth-order valence-electron chi connectivity index (χ4n) is 2.99. The first-order valence-corrected chi connectivity index (χ1v) is 7.88. The molecule has 1 amide bonds. The van der Waals surface area contributed by atoms with Gasteiger partial charge >= 0.3 is 0 Å². The Hall–Kier alpha value is -1.39.